The summed E-state index contributed by atoms with van der Waals surface area (Å²) >= 11 is 1.60. The van der Waals surface area contributed by atoms with E-state index in [4.69, 9.17) is 5.84 Å². The van der Waals surface area contributed by atoms with Gasteiger partial charge in [0, 0.05) is 18.4 Å². The van der Waals surface area contributed by atoms with Gasteiger partial charge in [0.1, 0.15) is 9.84 Å². The maximum absolute atomic E-state index is 10.8. The average Bonchev–Trinajstić information content (AvgIpc) is 2.14. The fourth-order valence-electron chi connectivity index (χ4n) is 0.874. The highest BCUT2D eigenvalue weighted by molar-refractivity contribution is 8.00. The molecule has 5 nitrogen and oxygen atoms in total. The largest absolute Gasteiger partial charge is 0.294 e. The third kappa shape index (κ3) is 11.7. The number of thioether (sulfide) groups is 1. The summed E-state index contributed by atoms with van der Waals surface area (Å²) in [6, 6.07) is 0. The number of hydrogen-bond acceptors (Lipinski definition) is 5. The first-order valence-electron chi connectivity index (χ1n) is 4.70. The minimum Gasteiger partial charge on any atom is -0.294 e. The predicted octanol–water partition coefficient (Wildman–Crippen LogP) is -0.0756. The third-order valence-corrected chi connectivity index (χ3v) is 3.98. The van der Waals surface area contributed by atoms with Gasteiger partial charge in [0.05, 0.1) is 5.75 Å². The van der Waals surface area contributed by atoms with E-state index in [1.165, 1.54) is 6.26 Å². The first-order valence-corrected chi connectivity index (χ1v) is 7.92. The van der Waals surface area contributed by atoms with Crippen molar-refractivity contribution in [2.75, 3.05) is 23.5 Å². The Hall–Kier alpha value is -0.270. The molecule has 0 rings (SSSR count). The first kappa shape index (κ1) is 14.7. The summed E-state index contributed by atoms with van der Waals surface area (Å²) in [5, 5.41) is 0. The molecule has 0 aliphatic heterocycles. The van der Waals surface area contributed by atoms with Crippen LogP contribution in [-0.4, -0.2) is 37.8 Å². The molecule has 0 saturated carbocycles. The van der Waals surface area contributed by atoms with Crippen LogP contribution in [0, 0.1) is 0 Å². The summed E-state index contributed by atoms with van der Waals surface area (Å²) in [5.41, 5.74) is 2.06. The number of amides is 1. The number of carbonyl (C=O) groups is 1. The zero-order valence-electron chi connectivity index (χ0n) is 8.86. The molecule has 3 N–H and O–H groups in total. The normalized spacial score (nSPS) is 11.3. The van der Waals surface area contributed by atoms with Gasteiger partial charge in [-0.25, -0.2) is 14.3 Å². The smallest absolute Gasteiger partial charge is 0.233 e. The Morgan fingerprint density at radius 1 is 1.33 bits per heavy atom. The Morgan fingerprint density at radius 2 is 2.00 bits per heavy atom. The molecule has 90 valence electrons. The van der Waals surface area contributed by atoms with Crippen molar-refractivity contribution in [2.45, 2.75) is 19.3 Å². The van der Waals surface area contributed by atoms with Gasteiger partial charge in [0.25, 0.3) is 0 Å². The van der Waals surface area contributed by atoms with Crippen molar-refractivity contribution in [3.8, 4) is 0 Å². The van der Waals surface area contributed by atoms with Gasteiger partial charge >= 0.3 is 0 Å². The summed E-state index contributed by atoms with van der Waals surface area (Å²) in [6.45, 7) is 0. The molecule has 0 heterocycles. The second kappa shape index (κ2) is 7.95. The maximum Gasteiger partial charge on any atom is 0.233 e. The van der Waals surface area contributed by atoms with E-state index in [0.717, 1.165) is 18.6 Å². The Morgan fingerprint density at radius 3 is 2.53 bits per heavy atom. The van der Waals surface area contributed by atoms with E-state index in [-0.39, 0.29) is 11.7 Å². The molecule has 0 aromatic heterocycles. The van der Waals surface area contributed by atoms with Crippen LogP contribution in [0.2, 0.25) is 0 Å². The Bertz CT molecular complexity index is 278. The van der Waals surface area contributed by atoms with Gasteiger partial charge < -0.3 is 0 Å². The Kier molecular flexibility index (Phi) is 7.81. The van der Waals surface area contributed by atoms with Crippen LogP contribution in [-0.2, 0) is 14.6 Å². The Balaban J connectivity index is 3.23. The van der Waals surface area contributed by atoms with E-state index in [2.05, 4.69) is 5.43 Å². The molecule has 0 aliphatic rings. The highest BCUT2D eigenvalue weighted by Crippen LogP contribution is 2.06. The third-order valence-electron chi connectivity index (χ3n) is 1.70. The second-order valence-electron chi connectivity index (χ2n) is 3.27. The van der Waals surface area contributed by atoms with Crippen LogP contribution in [0.5, 0.6) is 0 Å². The molecule has 0 fully saturated rings. The van der Waals surface area contributed by atoms with E-state index < -0.39 is 9.84 Å². The number of nitrogens with one attached hydrogen (secondary N) is 1. The second-order valence-corrected chi connectivity index (χ2v) is 6.75. The van der Waals surface area contributed by atoms with Crippen LogP contribution in [0.3, 0.4) is 0 Å². The van der Waals surface area contributed by atoms with Crippen molar-refractivity contribution < 1.29 is 13.2 Å². The van der Waals surface area contributed by atoms with Gasteiger partial charge in [-0.1, -0.05) is 0 Å². The van der Waals surface area contributed by atoms with Gasteiger partial charge in [-0.3, -0.25) is 10.2 Å². The number of carbonyl (C=O) groups excluding carboxylic acids is 1. The molecular formula is C8H18N2O3S2. The number of nitrogens with two attached hydrogens (primary N) is 1. The minimum absolute atomic E-state index is 0.156. The standard InChI is InChI=1S/C8H18N2O3S2/c1-15(12,13)7-6-14-5-3-2-4-8(11)10-9/h2-7,9H2,1H3,(H,10,11). The number of sulfone groups is 1. The molecule has 0 saturated heterocycles. The van der Waals surface area contributed by atoms with Gasteiger partial charge in [-0.15, -0.1) is 0 Å². The Labute approximate surface area is 95.1 Å². The van der Waals surface area contributed by atoms with Crippen molar-refractivity contribution in [2.24, 2.45) is 5.84 Å². The number of unbranched alkanes of at least 4 members (excludes halogenated alkanes) is 1. The lowest BCUT2D eigenvalue weighted by molar-refractivity contribution is -0.121. The molecule has 0 aromatic carbocycles. The van der Waals surface area contributed by atoms with Crippen LogP contribution >= 0.6 is 11.8 Å². The van der Waals surface area contributed by atoms with Crippen molar-refractivity contribution in [1.82, 2.24) is 5.43 Å². The molecule has 0 unspecified atom stereocenters. The number of hydrazine groups is 1. The molecule has 1 amide bonds. The van der Waals surface area contributed by atoms with Crippen LogP contribution < -0.4 is 11.3 Å². The SMILES string of the molecule is CS(=O)(=O)CCSCCCCC(=O)NN. The average molecular weight is 254 g/mol. The van der Waals surface area contributed by atoms with E-state index in [0.29, 0.717) is 12.2 Å². The number of hydrogen-bond donors (Lipinski definition) is 2. The van der Waals surface area contributed by atoms with Crippen LogP contribution in [0.4, 0.5) is 0 Å². The van der Waals surface area contributed by atoms with E-state index >= 15 is 0 Å². The van der Waals surface area contributed by atoms with E-state index in [9.17, 15) is 13.2 Å². The highest BCUT2D eigenvalue weighted by atomic mass is 32.2. The molecule has 0 atom stereocenters. The molecular weight excluding hydrogens is 236 g/mol. The molecule has 0 aliphatic carbocycles. The fourth-order valence-corrected chi connectivity index (χ4v) is 3.17. The lowest BCUT2D eigenvalue weighted by atomic mass is 10.2. The van der Waals surface area contributed by atoms with Crippen molar-refractivity contribution in [1.29, 1.82) is 0 Å². The first-order chi connectivity index (χ1) is 6.95. The zero-order valence-corrected chi connectivity index (χ0v) is 10.5. The lowest BCUT2D eigenvalue weighted by Gasteiger charge is -2.01. The van der Waals surface area contributed by atoms with Crippen LogP contribution in [0.1, 0.15) is 19.3 Å². The van der Waals surface area contributed by atoms with Crippen molar-refractivity contribution >= 4 is 27.5 Å². The van der Waals surface area contributed by atoms with Gasteiger partial charge in [0.2, 0.25) is 5.91 Å². The van der Waals surface area contributed by atoms with E-state index in [1.54, 1.807) is 11.8 Å². The lowest BCUT2D eigenvalue weighted by Crippen LogP contribution is -2.29. The van der Waals surface area contributed by atoms with Gasteiger partial charge in [-0.05, 0) is 18.6 Å². The van der Waals surface area contributed by atoms with Crippen molar-refractivity contribution in [3.05, 3.63) is 0 Å². The zero-order chi connectivity index (χ0) is 11.7. The number of rotatable bonds is 8. The molecule has 0 bridgehead atoms. The van der Waals surface area contributed by atoms with Crippen molar-refractivity contribution in [3.63, 3.8) is 0 Å². The van der Waals surface area contributed by atoms with Gasteiger partial charge in [-0.2, -0.15) is 11.8 Å². The fraction of sp³-hybridized carbons (Fsp3) is 0.875. The molecule has 0 aromatic rings. The molecule has 15 heavy (non-hydrogen) atoms. The van der Waals surface area contributed by atoms with E-state index in [1.807, 2.05) is 0 Å². The quantitative estimate of drug-likeness (QED) is 0.274. The molecule has 0 spiro atoms. The van der Waals surface area contributed by atoms with Crippen LogP contribution in [0.15, 0.2) is 0 Å². The van der Waals surface area contributed by atoms with Gasteiger partial charge in [0.15, 0.2) is 0 Å². The summed E-state index contributed by atoms with van der Waals surface area (Å²) in [7, 11) is -2.84. The summed E-state index contributed by atoms with van der Waals surface area (Å²) in [4.78, 5) is 10.7. The summed E-state index contributed by atoms with van der Waals surface area (Å²) < 4.78 is 21.5. The summed E-state index contributed by atoms with van der Waals surface area (Å²) in [5.74, 6) is 6.49. The predicted molar refractivity (Wildman–Crippen MR) is 63.2 cm³/mol. The highest BCUT2D eigenvalue weighted by Gasteiger charge is 2.01. The van der Waals surface area contributed by atoms with Crippen LogP contribution in [0.25, 0.3) is 0 Å². The minimum atomic E-state index is -2.84. The monoisotopic (exact) mass is 254 g/mol. The topological polar surface area (TPSA) is 89.3 Å². The molecule has 7 heteroatoms. The maximum atomic E-state index is 10.8. The molecule has 0 radical (unpaired) electrons. The summed E-state index contributed by atoms with van der Waals surface area (Å²) in [6.07, 6.45) is 3.36.